The smallest absolute Gasteiger partial charge is 0.387 e. The Balaban J connectivity index is 1.72. The lowest BCUT2D eigenvalue weighted by Crippen LogP contribution is -2.25. The van der Waals surface area contributed by atoms with Gasteiger partial charge in [-0.1, -0.05) is 11.2 Å². The molecule has 0 saturated carbocycles. The molecular formula is C17H19F2N3O5S. The number of methoxy groups -OCH3 is 1. The number of anilines is 1. The Bertz CT molecular complexity index is 816. The molecule has 152 valence electrons. The number of rotatable bonds is 10. The van der Waals surface area contributed by atoms with Crippen molar-refractivity contribution in [2.45, 2.75) is 20.1 Å². The summed E-state index contributed by atoms with van der Waals surface area (Å²) in [4.78, 5) is 23.6. The van der Waals surface area contributed by atoms with Crippen molar-refractivity contribution >= 4 is 29.4 Å². The van der Waals surface area contributed by atoms with E-state index in [-0.39, 0.29) is 41.4 Å². The third kappa shape index (κ3) is 7.06. The van der Waals surface area contributed by atoms with Crippen LogP contribution in [0.4, 0.5) is 14.6 Å². The molecule has 1 aromatic heterocycles. The minimum Gasteiger partial charge on any atom is -0.493 e. The first-order chi connectivity index (χ1) is 13.4. The summed E-state index contributed by atoms with van der Waals surface area (Å²) in [6, 6.07) is 5.97. The van der Waals surface area contributed by atoms with Gasteiger partial charge in [-0.15, -0.1) is 11.8 Å². The van der Waals surface area contributed by atoms with Gasteiger partial charge >= 0.3 is 6.61 Å². The van der Waals surface area contributed by atoms with Crippen LogP contribution in [0.5, 0.6) is 11.5 Å². The Morgan fingerprint density at radius 3 is 2.61 bits per heavy atom. The van der Waals surface area contributed by atoms with Crippen LogP contribution in [0.2, 0.25) is 0 Å². The van der Waals surface area contributed by atoms with Crippen molar-refractivity contribution in [1.29, 1.82) is 0 Å². The highest BCUT2D eigenvalue weighted by Crippen LogP contribution is 2.29. The van der Waals surface area contributed by atoms with Crippen LogP contribution in [0.3, 0.4) is 0 Å². The van der Waals surface area contributed by atoms with E-state index in [9.17, 15) is 18.4 Å². The van der Waals surface area contributed by atoms with Gasteiger partial charge in [0.1, 0.15) is 5.76 Å². The highest BCUT2D eigenvalue weighted by atomic mass is 32.2. The second-order valence-electron chi connectivity index (χ2n) is 5.50. The molecule has 0 aliphatic carbocycles. The number of hydrogen-bond acceptors (Lipinski definition) is 7. The fourth-order valence-electron chi connectivity index (χ4n) is 2.11. The molecule has 0 spiro atoms. The summed E-state index contributed by atoms with van der Waals surface area (Å²) in [5.74, 6) is 0.528. The van der Waals surface area contributed by atoms with Crippen molar-refractivity contribution < 1.29 is 32.4 Å². The monoisotopic (exact) mass is 415 g/mol. The minimum atomic E-state index is -2.96. The predicted octanol–water partition coefficient (Wildman–Crippen LogP) is 2.58. The molecule has 0 unspecified atom stereocenters. The van der Waals surface area contributed by atoms with Gasteiger partial charge in [-0.25, -0.2) is 0 Å². The number of aromatic nitrogens is 1. The molecule has 2 amide bonds. The van der Waals surface area contributed by atoms with Crippen molar-refractivity contribution in [3.8, 4) is 11.5 Å². The van der Waals surface area contributed by atoms with Gasteiger partial charge in [0.05, 0.1) is 18.6 Å². The zero-order chi connectivity index (χ0) is 20.5. The Morgan fingerprint density at radius 2 is 1.96 bits per heavy atom. The summed E-state index contributed by atoms with van der Waals surface area (Å²) in [5, 5.41) is 8.87. The summed E-state index contributed by atoms with van der Waals surface area (Å²) < 4.78 is 38.8. The molecule has 0 saturated heterocycles. The Hall–Kier alpha value is -2.82. The van der Waals surface area contributed by atoms with Crippen molar-refractivity contribution in [3.05, 3.63) is 35.6 Å². The SMILES string of the molecule is COc1cc(CNC(=O)CSCC(=O)Nc2cc(C)on2)ccc1OC(F)F. The van der Waals surface area contributed by atoms with E-state index in [2.05, 4.69) is 20.5 Å². The molecule has 0 aliphatic heterocycles. The molecule has 2 aromatic rings. The van der Waals surface area contributed by atoms with Gasteiger partial charge < -0.3 is 24.6 Å². The number of thioether (sulfide) groups is 1. The summed E-state index contributed by atoms with van der Waals surface area (Å²) in [6.07, 6.45) is 0. The average molecular weight is 415 g/mol. The molecule has 28 heavy (non-hydrogen) atoms. The van der Waals surface area contributed by atoms with Crippen LogP contribution in [0.1, 0.15) is 11.3 Å². The number of carbonyl (C=O) groups excluding carboxylic acids is 2. The molecular weight excluding hydrogens is 396 g/mol. The summed E-state index contributed by atoms with van der Waals surface area (Å²) >= 11 is 1.14. The van der Waals surface area contributed by atoms with E-state index >= 15 is 0 Å². The largest absolute Gasteiger partial charge is 0.493 e. The van der Waals surface area contributed by atoms with Gasteiger partial charge in [0.2, 0.25) is 11.8 Å². The fourth-order valence-corrected chi connectivity index (χ4v) is 2.75. The highest BCUT2D eigenvalue weighted by Gasteiger charge is 2.12. The van der Waals surface area contributed by atoms with Crippen LogP contribution in [0, 0.1) is 6.92 Å². The van der Waals surface area contributed by atoms with Crippen molar-refractivity contribution in [3.63, 3.8) is 0 Å². The van der Waals surface area contributed by atoms with E-state index in [1.54, 1.807) is 19.1 Å². The van der Waals surface area contributed by atoms with Crippen LogP contribution in [0.15, 0.2) is 28.8 Å². The molecule has 0 bridgehead atoms. The molecule has 8 nitrogen and oxygen atoms in total. The van der Waals surface area contributed by atoms with Gasteiger partial charge in [-0.05, 0) is 24.6 Å². The van der Waals surface area contributed by atoms with E-state index in [4.69, 9.17) is 9.26 Å². The van der Waals surface area contributed by atoms with Gasteiger partial charge in [0, 0.05) is 12.6 Å². The van der Waals surface area contributed by atoms with Gasteiger partial charge in [-0.3, -0.25) is 9.59 Å². The molecule has 1 heterocycles. The molecule has 0 atom stereocenters. The molecule has 2 N–H and O–H groups in total. The molecule has 0 aliphatic rings. The van der Waals surface area contributed by atoms with Gasteiger partial charge in [0.25, 0.3) is 0 Å². The van der Waals surface area contributed by atoms with Crippen LogP contribution >= 0.6 is 11.8 Å². The second kappa shape index (κ2) is 10.5. The van der Waals surface area contributed by atoms with Crippen LogP contribution < -0.4 is 20.1 Å². The number of nitrogens with zero attached hydrogens (tertiary/aromatic N) is 1. The highest BCUT2D eigenvalue weighted by molar-refractivity contribution is 8.00. The van der Waals surface area contributed by atoms with Gasteiger partial charge in [-0.2, -0.15) is 8.78 Å². The number of benzene rings is 1. The third-order valence-electron chi connectivity index (χ3n) is 3.30. The topological polar surface area (TPSA) is 103 Å². The number of carbonyl (C=O) groups is 2. The maximum absolute atomic E-state index is 12.3. The lowest BCUT2D eigenvalue weighted by Gasteiger charge is -2.12. The first-order valence-corrected chi connectivity index (χ1v) is 9.22. The molecule has 1 aromatic carbocycles. The molecule has 0 fully saturated rings. The van der Waals surface area contributed by atoms with Crippen molar-refractivity contribution in [2.75, 3.05) is 23.9 Å². The van der Waals surface area contributed by atoms with Crippen LogP contribution in [0.25, 0.3) is 0 Å². The number of aryl methyl sites for hydroxylation is 1. The lowest BCUT2D eigenvalue weighted by atomic mass is 10.2. The third-order valence-corrected chi connectivity index (χ3v) is 4.23. The summed E-state index contributed by atoms with van der Waals surface area (Å²) in [5.41, 5.74) is 0.649. The molecule has 0 radical (unpaired) electrons. The first-order valence-electron chi connectivity index (χ1n) is 8.06. The average Bonchev–Trinajstić information content (AvgIpc) is 3.05. The maximum Gasteiger partial charge on any atom is 0.387 e. The number of halogens is 2. The zero-order valence-electron chi connectivity index (χ0n) is 15.2. The predicted molar refractivity (Wildman–Crippen MR) is 98.7 cm³/mol. The van der Waals surface area contributed by atoms with Crippen LogP contribution in [-0.4, -0.2) is 42.2 Å². The van der Waals surface area contributed by atoms with Crippen molar-refractivity contribution in [1.82, 2.24) is 10.5 Å². The Labute approximate surface area is 163 Å². The van der Waals surface area contributed by atoms with E-state index in [0.29, 0.717) is 17.1 Å². The number of nitrogens with one attached hydrogen (secondary N) is 2. The number of amides is 2. The number of ether oxygens (including phenoxy) is 2. The second-order valence-corrected chi connectivity index (χ2v) is 6.49. The number of hydrogen-bond donors (Lipinski definition) is 2. The zero-order valence-corrected chi connectivity index (χ0v) is 16.0. The van der Waals surface area contributed by atoms with Gasteiger partial charge in [0.15, 0.2) is 17.3 Å². The summed E-state index contributed by atoms with van der Waals surface area (Å²) in [7, 11) is 1.33. The van der Waals surface area contributed by atoms with Crippen molar-refractivity contribution in [2.24, 2.45) is 0 Å². The van der Waals surface area contributed by atoms with E-state index in [1.165, 1.54) is 19.2 Å². The maximum atomic E-state index is 12.3. The van der Waals surface area contributed by atoms with E-state index < -0.39 is 6.61 Å². The first kappa shape index (κ1) is 21.5. The minimum absolute atomic E-state index is 0.0762. The Kier molecular flexibility index (Phi) is 8.05. The summed E-state index contributed by atoms with van der Waals surface area (Å²) in [6.45, 7) is -1.08. The quantitative estimate of drug-likeness (QED) is 0.615. The van der Waals surface area contributed by atoms with E-state index in [0.717, 1.165) is 11.8 Å². The standard InChI is InChI=1S/C17H19F2N3O5S/c1-10-5-14(22-27-10)21-16(24)9-28-8-15(23)20-7-11-3-4-12(26-17(18)19)13(6-11)25-2/h3-6,17H,7-9H2,1-2H3,(H,20,23)(H,21,22,24). The Morgan fingerprint density at radius 1 is 1.21 bits per heavy atom. The van der Waals surface area contributed by atoms with E-state index in [1.807, 2.05) is 0 Å². The number of alkyl halides is 2. The fraction of sp³-hybridized carbons (Fsp3) is 0.353. The normalized spacial score (nSPS) is 10.6. The molecule has 2 rings (SSSR count). The van der Waals surface area contributed by atoms with Crippen LogP contribution in [-0.2, 0) is 16.1 Å². The molecule has 11 heteroatoms. The lowest BCUT2D eigenvalue weighted by molar-refractivity contribution is -0.118.